The average molecular weight is 419 g/mol. The molecule has 0 saturated carbocycles. The van der Waals surface area contributed by atoms with Crippen molar-refractivity contribution in [1.29, 1.82) is 0 Å². The van der Waals surface area contributed by atoms with Crippen LogP contribution in [-0.4, -0.2) is 31.6 Å². The summed E-state index contributed by atoms with van der Waals surface area (Å²) in [6.07, 6.45) is 0.113. The van der Waals surface area contributed by atoms with Gasteiger partial charge in [0.2, 0.25) is 0 Å². The van der Waals surface area contributed by atoms with Gasteiger partial charge in [0, 0.05) is 48.5 Å². The highest BCUT2D eigenvalue weighted by Crippen LogP contribution is 2.45. The summed E-state index contributed by atoms with van der Waals surface area (Å²) in [5.74, 6) is -4.34. The number of halogens is 3. The van der Waals surface area contributed by atoms with Crippen molar-refractivity contribution in [3.8, 4) is 0 Å². The Morgan fingerprint density at radius 1 is 1.23 bits per heavy atom. The van der Waals surface area contributed by atoms with Crippen LogP contribution in [0.5, 0.6) is 0 Å². The standard InChI is InChI=1S/C22H24F3N3O2/c1-10(2)27-22(29)11-5-4-6-15-18(11)17(30-3)8-16(28-15)13-9-26-21-12(13)7-14(23)19(24)20(21)25/h4-7,10,13,16-17,26,28H,8-9H2,1-3H3,(H,27,29). The number of benzene rings is 2. The van der Waals surface area contributed by atoms with E-state index >= 15 is 0 Å². The first-order valence-corrected chi connectivity index (χ1v) is 9.96. The molecule has 0 bridgehead atoms. The van der Waals surface area contributed by atoms with Crippen molar-refractivity contribution in [1.82, 2.24) is 5.32 Å². The summed E-state index contributed by atoms with van der Waals surface area (Å²) in [6.45, 7) is 4.12. The molecule has 30 heavy (non-hydrogen) atoms. The zero-order valence-electron chi connectivity index (χ0n) is 17.0. The van der Waals surface area contributed by atoms with Crippen LogP contribution < -0.4 is 16.0 Å². The average Bonchev–Trinajstić information content (AvgIpc) is 3.14. The molecule has 3 atom stereocenters. The van der Waals surface area contributed by atoms with Crippen molar-refractivity contribution in [2.24, 2.45) is 0 Å². The maximum Gasteiger partial charge on any atom is 0.251 e. The Labute approximate surface area is 173 Å². The third-order valence-corrected chi connectivity index (χ3v) is 5.76. The SMILES string of the molecule is COC1CC(C2CNc3c2cc(F)c(F)c3F)Nc2cccc(C(=O)NC(C)C)c21. The van der Waals surface area contributed by atoms with Crippen LogP contribution in [0.3, 0.4) is 0 Å². The quantitative estimate of drug-likeness (QED) is 0.646. The van der Waals surface area contributed by atoms with Crippen molar-refractivity contribution >= 4 is 17.3 Å². The number of anilines is 2. The fraction of sp³-hybridized carbons (Fsp3) is 0.409. The molecule has 3 N–H and O–H groups in total. The maximum atomic E-state index is 14.2. The molecule has 1 amide bonds. The second-order valence-electron chi connectivity index (χ2n) is 8.04. The predicted molar refractivity (Wildman–Crippen MR) is 108 cm³/mol. The lowest BCUT2D eigenvalue weighted by Crippen LogP contribution is -2.37. The Hall–Kier alpha value is -2.74. The highest BCUT2D eigenvalue weighted by atomic mass is 19.2. The lowest BCUT2D eigenvalue weighted by Gasteiger charge is -2.36. The lowest BCUT2D eigenvalue weighted by molar-refractivity contribution is 0.0814. The summed E-state index contributed by atoms with van der Waals surface area (Å²) in [6, 6.07) is 6.23. The number of ether oxygens (including phenoxy) is 1. The molecule has 3 unspecified atom stereocenters. The second-order valence-corrected chi connectivity index (χ2v) is 8.04. The number of rotatable bonds is 4. The van der Waals surface area contributed by atoms with Crippen LogP contribution in [0.1, 0.15) is 53.8 Å². The molecular weight excluding hydrogens is 395 g/mol. The van der Waals surface area contributed by atoms with Gasteiger partial charge in [0.1, 0.15) is 0 Å². The maximum absolute atomic E-state index is 14.2. The Morgan fingerprint density at radius 2 is 2.00 bits per heavy atom. The van der Waals surface area contributed by atoms with E-state index in [2.05, 4.69) is 16.0 Å². The lowest BCUT2D eigenvalue weighted by atomic mass is 9.83. The third kappa shape index (κ3) is 3.39. The summed E-state index contributed by atoms with van der Waals surface area (Å²) >= 11 is 0. The smallest absolute Gasteiger partial charge is 0.251 e. The summed E-state index contributed by atoms with van der Waals surface area (Å²) in [7, 11) is 1.57. The molecule has 2 aromatic carbocycles. The molecular formula is C22H24F3N3O2. The highest BCUT2D eigenvalue weighted by molar-refractivity contribution is 5.97. The van der Waals surface area contributed by atoms with Crippen LogP contribution in [0.25, 0.3) is 0 Å². The summed E-state index contributed by atoms with van der Waals surface area (Å²) in [4.78, 5) is 12.7. The van der Waals surface area contributed by atoms with E-state index in [0.717, 1.165) is 17.3 Å². The fourth-order valence-corrected chi connectivity index (χ4v) is 4.43. The molecule has 160 valence electrons. The monoisotopic (exact) mass is 419 g/mol. The van der Waals surface area contributed by atoms with Gasteiger partial charge in [0.05, 0.1) is 11.8 Å². The van der Waals surface area contributed by atoms with Crippen molar-refractivity contribution in [2.75, 3.05) is 24.3 Å². The first-order valence-electron chi connectivity index (χ1n) is 9.96. The van der Waals surface area contributed by atoms with Gasteiger partial charge in [0.25, 0.3) is 5.91 Å². The first-order chi connectivity index (χ1) is 14.3. The van der Waals surface area contributed by atoms with Gasteiger partial charge in [-0.05, 0) is 44.0 Å². The molecule has 0 aliphatic carbocycles. The van der Waals surface area contributed by atoms with E-state index in [1.54, 1.807) is 19.2 Å². The summed E-state index contributed by atoms with van der Waals surface area (Å²) in [5.41, 5.74) is 2.44. The zero-order chi connectivity index (χ0) is 21.6. The van der Waals surface area contributed by atoms with E-state index in [4.69, 9.17) is 4.74 Å². The number of fused-ring (bicyclic) bond motifs is 2. The van der Waals surface area contributed by atoms with Crippen LogP contribution in [0.2, 0.25) is 0 Å². The normalized spacial score (nSPS) is 22.2. The van der Waals surface area contributed by atoms with Crippen molar-refractivity contribution in [3.05, 3.63) is 58.4 Å². The van der Waals surface area contributed by atoms with E-state index in [0.29, 0.717) is 24.1 Å². The van der Waals surface area contributed by atoms with Crippen LogP contribution in [0, 0.1) is 17.5 Å². The first kappa shape index (κ1) is 20.5. The number of amides is 1. The van der Waals surface area contributed by atoms with Crippen LogP contribution >= 0.6 is 0 Å². The van der Waals surface area contributed by atoms with E-state index in [1.807, 2.05) is 19.9 Å². The summed E-state index contributed by atoms with van der Waals surface area (Å²) < 4.78 is 47.4. The van der Waals surface area contributed by atoms with Gasteiger partial charge in [-0.15, -0.1) is 0 Å². The minimum absolute atomic E-state index is 0.00512. The Bertz CT molecular complexity index is 996. The third-order valence-electron chi connectivity index (χ3n) is 5.76. The van der Waals surface area contributed by atoms with Gasteiger partial charge in [0.15, 0.2) is 17.5 Å². The number of carbonyl (C=O) groups excluding carboxylic acids is 1. The van der Waals surface area contributed by atoms with Crippen molar-refractivity contribution < 1.29 is 22.7 Å². The number of methoxy groups -OCH3 is 1. The van der Waals surface area contributed by atoms with Gasteiger partial charge in [-0.2, -0.15) is 0 Å². The topological polar surface area (TPSA) is 62.4 Å². The van der Waals surface area contributed by atoms with Gasteiger partial charge in [-0.3, -0.25) is 4.79 Å². The number of nitrogens with one attached hydrogen (secondary N) is 3. The second kappa shape index (κ2) is 7.83. The number of carbonyl (C=O) groups is 1. The zero-order valence-corrected chi connectivity index (χ0v) is 17.0. The summed E-state index contributed by atoms with van der Waals surface area (Å²) in [5, 5.41) is 9.17. The molecule has 2 aliphatic rings. The minimum Gasteiger partial charge on any atom is -0.382 e. The largest absolute Gasteiger partial charge is 0.382 e. The predicted octanol–water partition coefficient (Wildman–Crippen LogP) is 4.32. The van der Waals surface area contributed by atoms with Gasteiger partial charge >= 0.3 is 0 Å². The van der Waals surface area contributed by atoms with Crippen LogP contribution in [-0.2, 0) is 4.74 Å². The van der Waals surface area contributed by atoms with Crippen LogP contribution in [0.15, 0.2) is 24.3 Å². The number of hydrogen-bond acceptors (Lipinski definition) is 4. The molecule has 5 nitrogen and oxygen atoms in total. The van der Waals surface area contributed by atoms with E-state index in [-0.39, 0.29) is 35.7 Å². The Balaban J connectivity index is 1.69. The number of hydrogen-bond donors (Lipinski definition) is 3. The van der Waals surface area contributed by atoms with Crippen molar-refractivity contribution in [3.63, 3.8) is 0 Å². The molecule has 0 fully saturated rings. The Morgan fingerprint density at radius 3 is 2.70 bits per heavy atom. The molecule has 8 heteroatoms. The Kier molecular flexibility index (Phi) is 5.36. The highest BCUT2D eigenvalue weighted by Gasteiger charge is 2.39. The molecule has 0 spiro atoms. The van der Waals surface area contributed by atoms with E-state index < -0.39 is 17.5 Å². The molecule has 2 aromatic rings. The van der Waals surface area contributed by atoms with Gasteiger partial charge in [-0.1, -0.05) is 6.07 Å². The molecule has 0 saturated heterocycles. The molecule has 4 rings (SSSR count). The molecule has 0 aromatic heterocycles. The molecule has 0 radical (unpaired) electrons. The molecule has 2 aliphatic heterocycles. The van der Waals surface area contributed by atoms with Crippen LogP contribution in [0.4, 0.5) is 24.5 Å². The minimum atomic E-state index is -1.47. The van der Waals surface area contributed by atoms with E-state index in [9.17, 15) is 18.0 Å². The van der Waals surface area contributed by atoms with Crippen molar-refractivity contribution in [2.45, 2.75) is 44.4 Å². The fourth-order valence-electron chi connectivity index (χ4n) is 4.43. The van der Waals surface area contributed by atoms with E-state index in [1.165, 1.54) is 0 Å². The van der Waals surface area contributed by atoms with Gasteiger partial charge in [-0.25, -0.2) is 13.2 Å². The van der Waals surface area contributed by atoms with Gasteiger partial charge < -0.3 is 20.7 Å². The molecule has 2 heterocycles.